The first-order valence-electron chi connectivity index (χ1n) is 5.02. The first-order chi connectivity index (χ1) is 6.89. The summed E-state index contributed by atoms with van der Waals surface area (Å²) >= 11 is 0. The summed E-state index contributed by atoms with van der Waals surface area (Å²) in [5.74, 6) is 0.109. The van der Waals surface area contributed by atoms with Crippen LogP contribution >= 0.6 is 0 Å². The van der Waals surface area contributed by atoms with Crippen molar-refractivity contribution in [2.24, 2.45) is 0 Å². The van der Waals surface area contributed by atoms with Gasteiger partial charge in [0.2, 0.25) is 5.91 Å². The maximum Gasteiger partial charge on any atom is 0.231 e. The zero-order valence-corrected chi connectivity index (χ0v) is 9.24. The van der Waals surface area contributed by atoms with Gasteiger partial charge in [0.05, 0.1) is 12.0 Å². The number of carbonyl (C=O) groups excluding carboxylic acids is 1. The highest BCUT2D eigenvalue weighted by Gasteiger charge is 2.26. The Morgan fingerprint density at radius 3 is 2.67 bits per heavy atom. The molecule has 2 rings (SSSR count). The summed E-state index contributed by atoms with van der Waals surface area (Å²) in [6.07, 6.45) is 0.470. The normalized spacial score (nSPS) is 15.7. The zero-order valence-electron chi connectivity index (χ0n) is 9.24. The van der Waals surface area contributed by atoms with Crippen LogP contribution in [0.2, 0.25) is 0 Å². The van der Waals surface area contributed by atoms with E-state index in [4.69, 9.17) is 0 Å². The number of likely N-dealkylation sites (N-methyl/N-ethyl adjacent to an activating group) is 1. The van der Waals surface area contributed by atoms with Gasteiger partial charge in [-0.1, -0.05) is 12.1 Å². The third-order valence-electron chi connectivity index (χ3n) is 2.87. The Morgan fingerprint density at radius 1 is 1.40 bits per heavy atom. The first-order valence-corrected chi connectivity index (χ1v) is 5.02. The van der Waals surface area contributed by atoms with E-state index < -0.39 is 5.60 Å². The topological polar surface area (TPSA) is 40.5 Å². The van der Waals surface area contributed by atoms with E-state index in [-0.39, 0.29) is 5.91 Å². The van der Waals surface area contributed by atoms with Gasteiger partial charge in [-0.15, -0.1) is 0 Å². The van der Waals surface area contributed by atoms with Crippen molar-refractivity contribution < 1.29 is 9.90 Å². The van der Waals surface area contributed by atoms with E-state index in [0.717, 1.165) is 16.8 Å². The number of aliphatic hydroxyl groups is 1. The van der Waals surface area contributed by atoms with E-state index in [1.165, 1.54) is 0 Å². The highest BCUT2D eigenvalue weighted by atomic mass is 16.3. The van der Waals surface area contributed by atoms with E-state index >= 15 is 0 Å². The summed E-state index contributed by atoms with van der Waals surface area (Å²) in [6.45, 7) is 3.48. The van der Waals surface area contributed by atoms with E-state index in [1.807, 2.05) is 18.2 Å². The van der Waals surface area contributed by atoms with Gasteiger partial charge in [0.1, 0.15) is 0 Å². The molecule has 0 aliphatic carbocycles. The number of carbonyl (C=O) groups is 1. The van der Waals surface area contributed by atoms with Crippen LogP contribution in [0.5, 0.6) is 0 Å². The summed E-state index contributed by atoms with van der Waals surface area (Å²) in [5.41, 5.74) is 1.93. The zero-order chi connectivity index (χ0) is 11.2. The van der Waals surface area contributed by atoms with Crippen molar-refractivity contribution >= 4 is 11.6 Å². The highest BCUT2D eigenvalue weighted by molar-refractivity contribution is 6.01. The van der Waals surface area contributed by atoms with Gasteiger partial charge in [0, 0.05) is 12.7 Å². The molecule has 0 unspecified atom stereocenters. The third-order valence-corrected chi connectivity index (χ3v) is 2.87. The van der Waals surface area contributed by atoms with Crippen molar-refractivity contribution in [3.05, 3.63) is 29.3 Å². The van der Waals surface area contributed by atoms with E-state index in [9.17, 15) is 9.90 Å². The molecule has 80 valence electrons. The van der Waals surface area contributed by atoms with Crippen molar-refractivity contribution in [2.75, 3.05) is 11.9 Å². The molecule has 0 radical (unpaired) electrons. The van der Waals surface area contributed by atoms with Gasteiger partial charge in [-0.2, -0.15) is 0 Å². The molecule has 0 atom stereocenters. The SMILES string of the molecule is CN1C(=O)Cc2ccc(C(C)(C)O)cc21. The van der Waals surface area contributed by atoms with E-state index in [1.54, 1.807) is 25.8 Å². The molecule has 1 aliphatic rings. The van der Waals surface area contributed by atoms with Gasteiger partial charge in [-0.05, 0) is 31.0 Å². The van der Waals surface area contributed by atoms with Crippen LogP contribution in [-0.2, 0) is 16.8 Å². The predicted molar refractivity (Wildman–Crippen MR) is 58.8 cm³/mol. The van der Waals surface area contributed by atoms with Crippen LogP contribution in [-0.4, -0.2) is 18.1 Å². The Labute approximate surface area is 89.3 Å². The number of benzene rings is 1. The van der Waals surface area contributed by atoms with Crippen LogP contribution in [0.4, 0.5) is 5.69 Å². The number of hydrogen-bond acceptors (Lipinski definition) is 2. The number of hydrogen-bond donors (Lipinski definition) is 1. The molecular formula is C12H15NO2. The molecule has 0 bridgehead atoms. The van der Waals surface area contributed by atoms with Crippen molar-refractivity contribution in [1.82, 2.24) is 0 Å². The lowest BCUT2D eigenvalue weighted by molar-refractivity contribution is -0.117. The molecule has 1 amide bonds. The highest BCUT2D eigenvalue weighted by Crippen LogP contribution is 2.31. The predicted octanol–water partition coefficient (Wildman–Crippen LogP) is 1.43. The quantitative estimate of drug-likeness (QED) is 0.753. The summed E-state index contributed by atoms with van der Waals surface area (Å²) in [6, 6.07) is 5.69. The van der Waals surface area contributed by atoms with E-state index in [2.05, 4.69) is 0 Å². The maximum atomic E-state index is 11.5. The summed E-state index contributed by atoms with van der Waals surface area (Å²) in [7, 11) is 1.77. The van der Waals surface area contributed by atoms with Crippen molar-refractivity contribution in [2.45, 2.75) is 25.9 Å². The molecule has 0 fully saturated rings. The van der Waals surface area contributed by atoms with Gasteiger partial charge in [-0.3, -0.25) is 4.79 Å². The molecule has 1 heterocycles. The maximum absolute atomic E-state index is 11.5. The van der Waals surface area contributed by atoms with Crippen LogP contribution < -0.4 is 4.90 Å². The van der Waals surface area contributed by atoms with Gasteiger partial charge in [0.25, 0.3) is 0 Å². The molecule has 3 nitrogen and oxygen atoms in total. The van der Waals surface area contributed by atoms with Crippen molar-refractivity contribution in [3.8, 4) is 0 Å². The lowest BCUT2D eigenvalue weighted by Crippen LogP contribution is -2.21. The van der Waals surface area contributed by atoms with Gasteiger partial charge < -0.3 is 10.0 Å². The smallest absolute Gasteiger partial charge is 0.231 e. The summed E-state index contributed by atoms with van der Waals surface area (Å²) in [5, 5.41) is 9.87. The summed E-state index contributed by atoms with van der Waals surface area (Å²) < 4.78 is 0. The summed E-state index contributed by atoms with van der Waals surface area (Å²) in [4.78, 5) is 13.1. The molecule has 0 saturated carbocycles. The van der Waals surface area contributed by atoms with Crippen LogP contribution in [0.1, 0.15) is 25.0 Å². The van der Waals surface area contributed by atoms with Crippen LogP contribution in [0, 0.1) is 0 Å². The van der Waals surface area contributed by atoms with Gasteiger partial charge in [-0.25, -0.2) is 0 Å². The molecule has 3 heteroatoms. The van der Waals surface area contributed by atoms with Crippen LogP contribution in [0.3, 0.4) is 0 Å². The monoisotopic (exact) mass is 205 g/mol. The number of fused-ring (bicyclic) bond motifs is 1. The fourth-order valence-corrected chi connectivity index (χ4v) is 1.82. The molecule has 15 heavy (non-hydrogen) atoms. The molecule has 1 aromatic rings. The molecule has 1 aliphatic heterocycles. The van der Waals surface area contributed by atoms with Crippen LogP contribution in [0.15, 0.2) is 18.2 Å². The average molecular weight is 205 g/mol. The minimum atomic E-state index is -0.860. The lowest BCUT2D eigenvalue weighted by atomic mass is 9.96. The minimum absolute atomic E-state index is 0.109. The van der Waals surface area contributed by atoms with Crippen molar-refractivity contribution in [1.29, 1.82) is 0 Å². The number of rotatable bonds is 1. The minimum Gasteiger partial charge on any atom is -0.386 e. The molecule has 1 N–H and O–H groups in total. The van der Waals surface area contributed by atoms with Crippen LogP contribution in [0.25, 0.3) is 0 Å². The Kier molecular flexibility index (Phi) is 2.08. The fraction of sp³-hybridized carbons (Fsp3) is 0.417. The average Bonchev–Trinajstić information content (AvgIpc) is 2.41. The second kappa shape index (κ2) is 3.07. The molecule has 0 spiro atoms. The Bertz CT molecular complexity index is 418. The van der Waals surface area contributed by atoms with Crippen molar-refractivity contribution in [3.63, 3.8) is 0 Å². The first kappa shape index (κ1) is 10.2. The second-order valence-corrected chi connectivity index (χ2v) is 4.53. The molecule has 0 aromatic heterocycles. The second-order valence-electron chi connectivity index (χ2n) is 4.53. The Hall–Kier alpha value is -1.35. The number of anilines is 1. The van der Waals surface area contributed by atoms with Gasteiger partial charge >= 0.3 is 0 Å². The standard InChI is InChI=1S/C12H15NO2/c1-12(2,15)9-5-4-8-6-11(14)13(3)10(8)7-9/h4-5,7,15H,6H2,1-3H3. The Morgan fingerprint density at radius 2 is 2.07 bits per heavy atom. The molecule has 1 aromatic carbocycles. The number of amides is 1. The fourth-order valence-electron chi connectivity index (χ4n) is 1.82. The molecular weight excluding hydrogens is 190 g/mol. The third kappa shape index (κ3) is 1.63. The largest absolute Gasteiger partial charge is 0.386 e. The number of nitrogens with zero attached hydrogens (tertiary/aromatic N) is 1. The lowest BCUT2D eigenvalue weighted by Gasteiger charge is -2.20. The Balaban J connectivity index is 2.49. The van der Waals surface area contributed by atoms with Gasteiger partial charge in [0.15, 0.2) is 0 Å². The van der Waals surface area contributed by atoms with E-state index in [0.29, 0.717) is 6.42 Å². The molecule has 0 saturated heterocycles.